The first-order valence-corrected chi connectivity index (χ1v) is 7.97. The summed E-state index contributed by atoms with van der Waals surface area (Å²) in [6, 6.07) is 8.54. The normalized spacial score (nSPS) is 20.7. The summed E-state index contributed by atoms with van der Waals surface area (Å²) in [6.07, 6.45) is 0. The third-order valence-electron chi connectivity index (χ3n) is 3.48. The van der Waals surface area contributed by atoms with Gasteiger partial charge in [-0.05, 0) is 26.0 Å². The van der Waals surface area contributed by atoms with Crippen molar-refractivity contribution in [3.05, 3.63) is 35.9 Å². The molecule has 1 aliphatic heterocycles. The Bertz CT molecular complexity index is 598. The average molecular weight is 338 g/mol. The van der Waals surface area contributed by atoms with Gasteiger partial charge in [-0.15, -0.1) is 0 Å². The second kappa shape index (κ2) is 7.04. The van der Waals surface area contributed by atoms with Crippen LogP contribution in [0, 0.1) is 5.41 Å². The summed E-state index contributed by atoms with van der Waals surface area (Å²) in [5.74, 6) is -1.49. The molecule has 2 atom stereocenters. The number of methoxy groups -OCH3 is 1. The van der Waals surface area contributed by atoms with E-state index in [4.69, 9.17) is 14.2 Å². The van der Waals surface area contributed by atoms with Gasteiger partial charge in [-0.3, -0.25) is 9.59 Å². The molecule has 0 bridgehead atoms. The van der Waals surface area contributed by atoms with Crippen LogP contribution in [0.3, 0.4) is 0 Å². The smallest absolute Gasteiger partial charge is 0.338 e. The molecule has 2 rings (SSSR count). The minimum atomic E-state index is -1.02. The van der Waals surface area contributed by atoms with Crippen molar-refractivity contribution in [1.29, 1.82) is 0 Å². The first-order valence-electron chi connectivity index (χ1n) is 7.03. The van der Waals surface area contributed by atoms with E-state index in [1.54, 1.807) is 44.2 Å². The first kappa shape index (κ1) is 17.3. The number of rotatable bonds is 5. The molecule has 0 amide bonds. The van der Waals surface area contributed by atoms with Crippen LogP contribution < -0.4 is 0 Å². The highest BCUT2D eigenvalue weighted by Gasteiger charge is 2.50. The van der Waals surface area contributed by atoms with E-state index in [2.05, 4.69) is 0 Å². The van der Waals surface area contributed by atoms with E-state index in [1.165, 1.54) is 7.11 Å². The molecular formula is C16H18O6S. The molecule has 1 saturated heterocycles. The molecule has 0 aromatic heterocycles. The van der Waals surface area contributed by atoms with Crippen molar-refractivity contribution in [2.24, 2.45) is 5.41 Å². The molecule has 1 aromatic carbocycles. The van der Waals surface area contributed by atoms with Gasteiger partial charge in [0.05, 0.1) is 18.1 Å². The molecule has 124 valence electrons. The molecule has 7 heteroatoms. The zero-order valence-corrected chi connectivity index (χ0v) is 13.9. The maximum Gasteiger partial charge on any atom is 0.338 e. The fraction of sp³-hybridized carbons (Fsp3) is 0.438. The number of hydrogen-bond donors (Lipinski definition) is 0. The van der Waals surface area contributed by atoms with Crippen molar-refractivity contribution in [2.45, 2.75) is 24.5 Å². The number of carbonyl (C=O) groups excluding carboxylic acids is 3. The maximum absolute atomic E-state index is 12.0. The second-order valence-electron chi connectivity index (χ2n) is 5.56. The molecule has 0 radical (unpaired) electrons. The van der Waals surface area contributed by atoms with Gasteiger partial charge in [0.25, 0.3) is 0 Å². The number of ether oxygens (including phenoxy) is 3. The predicted octanol–water partition coefficient (Wildman–Crippen LogP) is 2.03. The van der Waals surface area contributed by atoms with E-state index in [9.17, 15) is 14.4 Å². The highest BCUT2D eigenvalue weighted by atomic mass is 32.2. The summed E-state index contributed by atoms with van der Waals surface area (Å²) < 4.78 is 15.1. The average Bonchev–Trinajstić information content (AvgIpc) is 2.94. The zero-order valence-electron chi connectivity index (χ0n) is 13.1. The largest absolute Gasteiger partial charge is 0.469 e. The molecule has 1 heterocycles. The molecule has 0 saturated carbocycles. The van der Waals surface area contributed by atoms with Gasteiger partial charge in [0.15, 0.2) is 5.44 Å². The lowest BCUT2D eigenvalue weighted by Gasteiger charge is -2.24. The van der Waals surface area contributed by atoms with Crippen LogP contribution in [0.25, 0.3) is 0 Å². The minimum absolute atomic E-state index is 0.0715. The SMILES string of the molecule is COC(=O)C(C)(C)C1SC(COC(=O)c2ccccc2)OC1=O. The summed E-state index contributed by atoms with van der Waals surface area (Å²) in [4.78, 5) is 35.6. The zero-order chi connectivity index (χ0) is 17.0. The monoisotopic (exact) mass is 338 g/mol. The number of hydrogen-bond acceptors (Lipinski definition) is 7. The van der Waals surface area contributed by atoms with Gasteiger partial charge in [0.2, 0.25) is 0 Å². The molecule has 1 aliphatic rings. The van der Waals surface area contributed by atoms with Gasteiger partial charge in [0, 0.05) is 0 Å². The Balaban J connectivity index is 1.93. The molecule has 0 N–H and O–H groups in total. The molecule has 6 nitrogen and oxygen atoms in total. The summed E-state index contributed by atoms with van der Waals surface area (Å²) in [6.45, 7) is 3.17. The lowest BCUT2D eigenvalue weighted by atomic mass is 9.89. The number of cyclic esters (lactones) is 1. The van der Waals surface area contributed by atoms with E-state index in [0.717, 1.165) is 11.8 Å². The van der Waals surface area contributed by atoms with Crippen molar-refractivity contribution in [1.82, 2.24) is 0 Å². The number of carbonyl (C=O) groups is 3. The van der Waals surface area contributed by atoms with Crippen LogP contribution in [0.1, 0.15) is 24.2 Å². The van der Waals surface area contributed by atoms with Crippen molar-refractivity contribution in [3.63, 3.8) is 0 Å². The van der Waals surface area contributed by atoms with E-state index in [1.807, 2.05) is 0 Å². The Labute approximate surface area is 138 Å². The molecular weight excluding hydrogens is 320 g/mol. The predicted molar refractivity (Wildman–Crippen MR) is 83.8 cm³/mol. The second-order valence-corrected chi connectivity index (χ2v) is 6.83. The van der Waals surface area contributed by atoms with Crippen molar-refractivity contribution < 1.29 is 28.6 Å². The van der Waals surface area contributed by atoms with E-state index in [-0.39, 0.29) is 6.61 Å². The standard InChI is InChI=1S/C16H18O6S/c1-16(2,15(19)20-3)12-14(18)22-11(23-12)9-21-13(17)10-7-5-4-6-8-10/h4-8,11-12H,9H2,1-3H3. The Morgan fingerprint density at radius 3 is 2.52 bits per heavy atom. The summed E-state index contributed by atoms with van der Waals surface area (Å²) in [5.41, 5.74) is -1.23. The van der Waals surface area contributed by atoms with Gasteiger partial charge in [-0.25, -0.2) is 4.79 Å². The lowest BCUT2D eigenvalue weighted by molar-refractivity contribution is -0.157. The number of benzene rings is 1. The fourth-order valence-corrected chi connectivity index (χ4v) is 3.34. The maximum atomic E-state index is 12.0. The molecule has 23 heavy (non-hydrogen) atoms. The number of esters is 3. The molecule has 2 unspecified atom stereocenters. The highest BCUT2D eigenvalue weighted by Crippen LogP contribution is 2.40. The van der Waals surface area contributed by atoms with Crippen molar-refractivity contribution >= 4 is 29.7 Å². The third kappa shape index (κ3) is 3.85. The van der Waals surface area contributed by atoms with Gasteiger partial charge in [-0.1, -0.05) is 30.0 Å². The summed E-state index contributed by atoms with van der Waals surface area (Å²) in [5, 5.41) is -0.699. The van der Waals surface area contributed by atoms with Crippen LogP contribution in [-0.4, -0.2) is 42.3 Å². The van der Waals surface area contributed by atoms with Crippen LogP contribution in [0.2, 0.25) is 0 Å². The first-order chi connectivity index (χ1) is 10.9. The van der Waals surface area contributed by atoms with E-state index >= 15 is 0 Å². The van der Waals surface area contributed by atoms with Crippen LogP contribution in [0.15, 0.2) is 30.3 Å². The van der Waals surface area contributed by atoms with Gasteiger partial charge in [0.1, 0.15) is 11.9 Å². The van der Waals surface area contributed by atoms with Gasteiger partial charge in [-0.2, -0.15) is 0 Å². The van der Waals surface area contributed by atoms with Crippen molar-refractivity contribution in [2.75, 3.05) is 13.7 Å². The van der Waals surface area contributed by atoms with Gasteiger partial charge >= 0.3 is 17.9 Å². The molecule has 0 spiro atoms. The van der Waals surface area contributed by atoms with E-state index in [0.29, 0.717) is 5.56 Å². The Hall–Kier alpha value is -2.02. The van der Waals surface area contributed by atoms with Crippen LogP contribution in [-0.2, 0) is 23.8 Å². The van der Waals surface area contributed by atoms with Gasteiger partial charge < -0.3 is 14.2 Å². The summed E-state index contributed by atoms with van der Waals surface area (Å²) >= 11 is 1.16. The number of thioether (sulfide) groups is 1. The van der Waals surface area contributed by atoms with Crippen LogP contribution in [0.4, 0.5) is 0 Å². The topological polar surface area (TPSA) is 78.9 Å². The van der Waals surface area contributed by atoms with E-state index < -0.39 is 34.0 Å². The molecule has 1 fully saturated rings. The third-order valence-corrected chi connectivity index (χ3v) is 5.07. The van der Waals surface area contributed by atoms with Crippen LogP contribution >= 0.6 is 11.8 Å². The molecule has 1 aromatic rings. The minimum Gasteiger partial charge on any atom is -0.469 e. The fourth-order valence-electron chi connectivity index (χ4n) is 2.14. The van der Waals surface area contributed by atoms with Crippen LogP contribution in [0.5, 0.6) is 0 Å². The lowest BCUT2D eigenvalue weighted by Crippen LogP contribution is -2.39. The highest BCUT2D eigenvalue weighted by molar-refractivity contribution is 8.01. The van der Waals surface area contributed by atoms with Crippen molar-refractivity contribution in [3.8, 4) is 0 Å². The molecule has 0 aliphatic carbocycles. The Morgan fingerprint density at radius 1 is 1.26 bits per heavy atom. The Morgan fingerprint density at radius 2 is 1.91 bits per heavy atom. The summed E-state index contributed by atoms with van der Waals surface area (Å²) in [7, 11) is 1.27. The quantitative estimate of drug-likeness (QED) is 0.600. The Kier molecular flexibility index (Phi) is 5.30.